The van der Waals surface area contributed by atoms with E-state index >= 15 is 0 Å². The Kier molecular flexibility index (Phi) is 4.48. The third kappa shape index (κ3) is 3.09. The number of rotatable bonds is 5. The Hall–Kier alpha value is -1.93. The van der Waals surface area contributed by atoms with Gasteiger partial charge in [-0.1, -0.05) is 6.07 Å². The number of thioether (sulfide) groups is 1. The first-order valence-corrected chi connectivity index (χ1v) is 7.26. The first-order valence-electron chi connectivity index (χ1n) is 6.04. The van der Waals surface area contributed by atoms with E-state index in [2.05, 4.69) is 16.5 Å². The lowest BCUT2D eigenvalue weighted by molar-refractivity contribution is 0.711. The van der Waals surface area contributed by atoms with Crippen molar-refractivity contribution in [3.8, 4) is 6.07 Å². The van der Waals surface area contributed by atoms with Gasteiger partial charge in [-0.15, -0.1) is 11.8 Å². The number of aryl methyl sites for hydroxylation is 1. The lowest BCUT2D eigenvalue weighted by Crippen LogP contribution is -2.09. The van der Waals surface area contributed by atoms with Crippen LogP contribution in [-0.4, -0.2) is 22.6 Å². The summed E-state index contributed by atoms with van der Waals surface area (Å²) in [4.78, 5) is 1.01. The standard InChI is InChI=1S/C14H16N4S/c1-18-11(7-9-17-18)6-8-16-13-4-3-5-14(19-2)12(13)10-15/h3-5,7,9,16H,6,8H2,1-2H3. The highest BCUT2D eigenvalue weighted by Crippen LogP contribution is 2.26. The van der Waals surface area contributed by atoms with Crippen molar-refractivity contribution in [1.29, 1.82) is 5.26 Å². The lowest BCUT2D eigenvalue weighted by Gasteiger charge is -2.10. The van der Waals surface area contributed by atoms with Crippen LogP contribution in [0.5, 0.6) is 0 Å². The van der Waals surface area contributed by atoms with Crippen LogP contribution in [0.3, 0.4) is 0 Å². The van der Waals surface area contributed by atoms with Gasteiger partial charge in [0.1, 0.15) is 6.07 Å². The topological polar surface area (TPSA) is 53.6 Å². The molecule has 98 valence electrons. The van der Waals surface area contributed by atoms with Crippen LogP contribution in [0.15, 0.2) is 35.4 Å². The van der Waals surface area contributed by atoms with Crippen LogP contribution in [0.2, 0.25) is 0 Å². The number of nitrogens with zero attached hydrogens (tertiary/aromatic N) is 3. The molecule has 0 saturated carbocycles. The van der Waals surface area contributed by atoms with Crippen LogP contribution in [0.4, 0.5) is 5.69 Å². The molecule has 2 aromatic rings. The number of benzene rings is 1. The maximum absolute atomic E-state index is 9.24. The summed E-state index contributed by atoms with van der Waals surface area (Å²) in [6.45, 7) is 0.784. The van der Waals surface area contributed by atoms with Crippen molar-refractivity contribution in [1.82, 2.24) is 9.78 Å². The van der Waals surface area contributed by atoms with Gasteiger partial charge >= 0.3 is 0 Å². The van der Waals surface area contributed by atoms with E-state index in [1.165, 1.54) is 5.69 Å². The average molecular weight is 272 g/mol. The largest absolute Gasteiger partial charge is 0.384 e. The zero-order valence-electron chi connectivity index (χ0n) is 11.1. The van der Waals surface area contributed by atoms with E-state index in [0.29, 0.717) is 0 Å². The Morgan fingerprint density at radius 3 is 2.89 bits per heavy atom. The molecule has 0 saturated heterocycles. The van der Waals surface area contributed by atoms with Crippen LogP contribution in [-0.2, 0) is 13.5 Å². The molecule has 1 aromatic carbocycles. The Balaban J connectivity index is 2.04. The van der Waals surface area contributed by atoms with E-state index in [1.807, 2.05) is 42.3 Å². The van der Waals surface area contributed by atoms with Crippen LogP contribution in [0.1, 0.15) is 11.3 Å². The van der Waals surface area contributed by atoms with Crippen LogP contribution >= 0.6 is 11.8 Å². The minimum Gasteiger partial charge on any atom is -0.384 e. The molecule has 0 atom stereocenters. The summed E-state index contributed by atoms with van der Waals surface area (Å²) in [5.41, 5.74) is 2.79. The van der Waals surface area contributed by atoms with E-state index in [1.54, 1.807) is 18.0 Å². The van der Waals surface area contributed by atoms with Gasteiger partial charge in [-0.2, -0.15) is 10.4 Å². The number of anilines is 1. The Morgan fingerprint density at radius 2 is 2.26 bits per heavy atom. The number of hydrogen-bond donors (Lipinski definition) is 1. The predicted octanol–water partition coefficient (Wildman–Crippen LogP) is 2.67. The second kappa shape index (κ2) is 6.30. The smallest absolute Gasteiger partial charge is 0.102 e. The molecular weight excluding hydrogens is 256 g/mol. The van der Waals surface area contributed by atoms with Crippen molar-refractivity contribution in [2.75, 3.05) is 18.1 Å². The third-order valence-corrected chi connectivity index (χ3v) is 3.76. The van der Waals surface area contributed by atoms with Crippen molar-refractivity contribution in [3.63, 3.8) is 0 Å². The van der Waals surface area contributed by atoms with Gasteiger partial charge in [-0.25, -0.2) is 0 Å². The van der Waals surface area contributed by atoms with Gasteiger partial charge in [0.2, 0.25) is 0 Å². The van der Waals surface area contributed by atoms with Gasteiger partial charge in [0.05, 0.1) is 11.3 Å². The molecule has 0 aliphatic carbocycles. The molecule has 1 N–H and O–H groups in total. The number of aromatic nitrogens is 2. The molecule has 0 spiro atoms. The SMILES string of the molecule is CSc1cccc(NCCc2ccnn2C)c1C#N. The second-order valence-corrected chi connectivity index (χ2v) is 4.97. The summed E-state index contributed by atoms with van der Waals surface area (Å²) in [6.07, 6.45) is 4.66. The highest BCUT2D eigenvalue weighted by molar-refractivity contribution is 7.98. The molecule has 0 aliphatic heterocycles. The molecule has 1 heterocycles. The minimum atomic E-state index is 0.722. The van der Waals surface area contributed by atoms with E-state index in [9.17, 15) is 5.26 Å². The summed E-state index contributed by atoms with van der Waals surface area (Å²) in [5.74, 6) is 0. The number of nitrogens with one attached hydrogen (secondary N) is 1. The number of nitriles is 1. The molecule has 5 heteroatoms. The van der Waals surface area contributed by atoms with Gasteiger partial charge in [0.25, 0.3) is 0 Å². The van der Waals surface area contributed by atoms with Crippen molar-refractivity contribution in [3.05, 3.63) is 41.7 Å². The molecular formula is C14H16N4S. The fourth-order valence-corrected chi connectivity index (χ4v) is 2.51. The molecule has 0 unspecified atom stereocenters. The molecule has 0 fully saturated rings. The van der Waals surface area contributed by atoms with Gasteiger partial charge in [0.15, 0.2) is 0 Å². The molecule has 0 amide bonds. The molecule has 2 rings (SSSR count). The summed E-state index contributed by atoms with van der Waals surface area (Å²) < 4.78 is 1.87. The fourth-order valence-electron chi connectivity index (χ4n) is 1.94. The van der Waals surface area contributed by atoms with Crippen molar-refractivity contribution < 1.29 is 0 Å². The van der Waals surface area contributed by atoms with E-state index < -0.39 is 0 Å². The van der Waals surface area contributed by atoms with E-state index in [4.69, 9.17) is 0 Å². The highest BCUT2D eigenvalue weighted by atomic mass is 32.2. The average Bonchev–Trinajstić information content (AvgIpc) is 2.84. The summed E-state index contributed by atoms with van der Waals surface area (Å²) in [7, 11) is 1.93. The van der Waals surface area contributed by atoms with E-state index in [-0.39, 0.29) is 0 Å². The zero-order chi connectivity index (χ0) is 13.7. The maximum Gasteiger partial charge on any atom is 0.102 e. The molecule has 19 heavy (non-hydrogen) atoms. The third-order valence-electron chi connectivity index (χ3n) is 2.98. The van der Waals surface area contributed by atoms with Gasteiger partial charge < -0.3 is 5.32 Å². The molecule has 0 bridgehead atoms. The molecule has 1 aromatic heterocycles. The molecule has 0 aliphatic rings. The molecule has 0 radical (unpaired) electrons. The first-order chi connectivity index (χ1) is 9.26. The van der Waals surface area contributed by atoms with Gasteiger partial charge in [-0.05, 0) is 24.5 Å². The quantitative estimate of drug-likeness (QED) is 0.850. The summed E-state index contributed by atoms with van der Waals surface area (Å²) in [6, 6.07) is 10.2. The van der Waals surface area contributed by atoms with Crippen LogP contribution in [0, 0.1) is 11.3 Å². The minimum absolute atomic E-state index is 0.722. The molecule has 4 nitrogen and oxygen atoms in total. The summed E-state index contributed by atoms with van der Waals surface area (Å²) >= 11 is 1.59. The predicted molar refractivity (Wildman–Crippen MR) is 78.3 cm³/mol. The Labute approximate surface area is 117 Å². The van der Waals surface area contributed by atoms with Crippen molar-refractivity contribution >= 4 is 17.4 Å². The first kappa shape index (κ1) is 13.5. The normalized spacial score (nSPS) is 10.2. The monoisotopic (exact) mass is 272 g/mol. The zero-order valence-corrected chi connectivity index (χ0v) is 11.9. The Bertz CT molecular complexity index is 598. The Morgan fingerprint density at radius 1 is 1.42 bits per heavy atom. The fraction of sp³-hybridized carbons (Fsp3) is 0.286. The number of hydrogen-bond acceptors (Lipinski definition) is 4. The van der Waals surface area contributed by atoms with Crippen molar-refractivity contribution in [2.45, 2.75) is 11.3 Å². The highest BCUT2D eigenvalue weighted by Gasteiger charge is 2.07. The lowest BCUT2D eigenvalue weighted by atomic mass is 10.2. The van der Waals surface area contributed by atoms with Gasteiger partial charge in [-0.3, -0.25) is 4.68 Å². The van der Waals surface area contributed by atoms with Crippen molar-refractivity contribution in [2.24, 2.45) is 7.05 Å². The van der Waals surface area contributed by atoms with Gasteiger partial charge in [0, 0.05) is 36.8 Å². The maximum atomic E-state index is 9.24. The summed E-state index contributed by atoms with van der Waals surface area (Å²) in [5, 5.41) is 16.7. The van der Waals surface area contributed by atoms with Crippen LogP contribution < -0.4 is 5.32 Å². The second-order valence-electron chi connectivity index (χ2n) is 4.12. The van der Waals surface area contributed by atoms with Crippen LogP contribution in [0.25, 0.3) is 0 Å². The van der Waals surface area contributed by atoms with E-state index in [0.717, 1.165) is 29.1 Å².